The Morgan fingerprint density at radius 2 is 1.90 bits per heavy atom. The molecule has 2 aromatic heterocycles. The van der Waals surface area contributed by atoms with Gasteiger partial charge in [-0.1, -0.05) is 42.1 Å². The molecule has 0 saturated carbocycles. The predicted octanol–water partition coefficient (Wildman–Crippen LogP) is 2.75. The van der Waals surface area contributed by atoms with E-state index >= 15 is 0 Å². The molecule has 0 atom stereocenters. The highest BCUT2D eigenvalue weighted by Gasteiger charge is 2.25. The molecule has 29 heavy (non-hydrogen) atoms. The molecule has 0 fully saturated rings. The molecule has 1 aliphatic heterocycles. The van der Waals surface area contributed by atoms with Gasteiger partial charge in [0, 0.05) is 18.8 Å². The molecule has 0 saturated heterocycles. The highest BCUT2D eigenvalue weighted by atomic mass is 32.2. The van der Waals surface area contributed by atoms with Gasteiger partial charge in [0.2, 0.25) is 11.7 Å². The van der Waals surface area contributed by atoms with E-state index in [9.17, 15) is 9.59 Å². The first-order chi connectivity index (χ1) is 14.2. The van der Waals surface area contributed by atoms with E-state index in [1.807, 2.05) is 58.7 Å². The van der Waals surface area contributed by atoms with Crippen LogP contribution in [0.3, 0.4) is 0 Å². The van der Waals surface area contributed by atoms with Gasteiger partial charge in [-0.3, -0.25) is 18.6 Å². The maximum absolute atomic E-state index is 12.9. The Hall–Kier alpha value is -3.13. The first-order valence-electron chi connectivity index (χ1n) is 9.56. The third-order valence-corrected chi connectivity index (χ3v) is 6.22. The van der Waals surface area contributed by atoms with Crippen LogP contribution < -0.4 is 10.5 Å². The van der Waals surface area contributed by atoms with Crippen LogP contribution >= 0.6 is 11.8 Å². The smallest absolute Gasteiger partial charge is 0.262 e. The number of thioether (sulfide) groups is 1. The van der Waals surface area contributed by atoms with Gasteiger partial charge >= 0.3 is 0 Å². The van der Waals surface area contributed by atoms with Crippen molar-refractivity contribution in [1.29, 1.82) is 0 Å². The lowest BCUT2D eigenvalue weighted by Crippen LogP contribution is -2.30. The summed E-state index contributed by atoms with van der Waals surface area (Å²) in [5.74, 6) is 0.803. The Kier molecular flexibility index (Phi) is 4.35. The summed E-state index contributed by atoms with van der Waals surface area (Å²) in [4.78, 5) is 27.5. The number of rotatable bonds is 4. The number of carbonyl (C=O) groups is 1. The van der Waals surface area contributed by atoms with Gasteiger partial charge in [-0.05, 0) is 37.1 Å². The first-order valence-corrected chi connectivity index (χ1v) is 10.6. The largest absolute Gasteiger partial charge is 0.311 e. The van der Waals surface area contributed by atoms with Crippen LogP contribution in [0.1, 0.15) is 12.5 Å². The molecular formula is C21H19N5O2S. The van der Waals surface area contributed by atoms with Crippen molar-refractivity contribution in [1.82, 2.24) is 19.2 Å². The van der Waals surface area contributed by atoms with Gasteiger partial charge in [-0.25, -0.2) is 0 Å². The molecule has 1 amide bonds. The lowest BCUT2D eigenvalue weighted by atomic mass is 10.2. The molecule has 3 heterocycles. The quantitative estimate of drug-likeness (QED) is 0.488. The molecule has 0 aliphatic carbocycles. The Morgan fingerprint density at radius 3 is 2.76 bits per heavy atom. The number of hydrogen-bond acceptors (Lipinski definition) is 5. The van der Waals surface area contributed by atoms with Crippen LogP contribution in [0.4, 0.5) is 5.69 Å². The van der Waals surface area contributed by atoms with Crippen LogP contribution in [0.5, 0.6) is 0 Å². The molecular weight excluding hydrogens is 386 g/mol. The van der Waals surface area contributed by atoms with E-state index in [1.54, 1.807) is 4.57 Å². The van der Waals surface area contributed by atoms with Crippen LogP contribution in [0, 0.1) is 0 Å². The number of amides is 1. The zero-order chi connectivity index (χ0) is 20.0. The molecule has 2 aromatic carbocycles. The number of carbonyl (C=O) groups excluding carboxylic acids is 1. The lowest BCUT2D eigenvalue weighted by molar-refractivity contribution is -0.116. The fraction of sp³-hybridized carbons (Fsp3) is 0.238. The van der Waals surface area contributed by atoms with Crippen LogP contribution in [0.25, 0.3) is 16.7 Å². The summed E-state index contributed by atoms with van der Waals surface area (Å²) >= 11 is 1.35. The van der Waals surface area contributed by atoms with Crippen molar-refractivity contribution >= 4 is 40.0 Å². The monoisotopic (exact) mass is 405 g/mol. The van der Waals surface area contributed by atoms with Crippen molar-refractivity contribution in [3.8, 4) is 0 Å². The molecule has 0 radical (unpaired) electrons. The standard InChI is InChI=1S/C21H19N5O2S/c1-2-24-19(28)15-8-4-6-10-17(15)26-20(24)22-23-21(26)29-13-18(27)25-12-11-14-7-3-5-9-16(14)25/h3-10H,2,11-13H2,1H3. The van der Waals surface area contributed by atoms with E-state index < -0.39 is 0 Å². The van der Waals surface area contributed by atoms with Gasteiger partial charge in [0.1, 0.15) is 0 Å². The maximum atomic E-state index is 12.9. The Balaban J connectivity index is 1.50. The van der Waals surface area contributed by atoms with E-state index in [2.05, 4.69) is 16.3 Å². The van der Waals surface area contributed by atoms with Crippen molar-refractivity contribution in [3.63, 3.8) is 0 Å². The molecule has 4 aromatic rings. The Bertz CT molecular complexity index is 1310. The van der Waals surface area contributed by atoms with Gasteiger partial charge in [-0.2, -0.15) is 0 Å². The minimum absolute atomic E-state index is 0.0461. The SMILES string of the molecule is CCn1c(=O)c2ccccc2n2c(SCC(=O)N3CCc4ccccc43)nnc12. The molecule has 8 heteroatoms. The second kappa shape index (κ2) is 7.04. The van der Waals surface area contributed by atoms with E-state index in [0.717, 1.165) is 17.6 Å². The Morgan fingerprint density at radius 1 is 1.10 bits per heavy atom. The van der Waals surface area contributed by atoms with E-state index in [0.29, 0.717) is 29.4 Å². The van der Waals surface area contributed by atoms with Crippen molar-refractivity contribution in [2.75, 3.05) is 17.2 Å². The fourth-order valence-corrected chi connectivity index (χ4v) is 4.73. The van der Waals surface area contributed by atoms with Gasteiger partial charge in [0.05, 0.1) is 16.7 Å². The predicted molar refractivity (Wildman–Crippen MR) is 114 cm³/mol. The molecule has 0 unspecified atom stereocenters. The van der Waals surface area contributed by atoms with Gasteiger partial charge in [-0.15, -0.1) is 10.2 Å². The van der Waals surface area contributed by atoms with Crippen LogP contribution in [-0.2, 0) is 17.8 Å². The third-order valence-electron chi connectivity index (χ3n) is 5.31. The zero-order valence-corrected chi connectivity index (χ0v) is 16.7. The van der Waals surface area contributed by atoms with Crippen molar-refractivity contribution < 1.29 is 4.79 Å². The van der Waals surface area contributed by atoms with Crippen LogP contribution in [0.15, 0.2) is 58.5 Å². The number of anilines is 1. The molecule has 7 nitrogen and oxygen atoms in total. The number of benzene rings is 2. The maximum Gasteiger partial charge on any atom is 0.262 e. The summed E-state index contributed by atoms with van der Waals surface area (Å²) in [6, 6.07) is 15.4. The highest BCUT2D eigenvalue weighted by molar-refractivity contribution is 7.99. The minimum Gasteiger partial charge on any atom is -0.311 e. The van der Waals surface area contributed by atoms with Crippen LogP contribution in [0.2, 0.25) is 0 Å². The average Bonchev–Trinajstić information content (AvgIpc) is 3.37. The summed E-state index contributed by atoms with van der Waals surface area (Å²) in [7, 11) is 0. The topological polar surface area (TPSA) is 72.5 Å². The van der Waals surface area contributed by atoms with Crippen LogP contribution in [-0.4, -0.2) is 37.4 Å². The number of nitrogens with zero attached hydrogens (tertiary/aromatic N) is 5. The normalized spacial score (nSPS) is 13.3. The third kappa shape index (κ3) is 2.82. The number of aryl methyl sites for hydroxylation is 1. The molecule has 1 aliphatic rings. The second-order valence-electron chi connectivity index (χ2n) is 6.90. The van der Waals surface area contributed by atoms with Crippen molar-refractivity contribution in [2.45, 2.75) is 25.0 Å². The number of para-hydroxylation sites is 2. The highest BCUT2D eigenvalue weighted by Crippen LogP contribution is 2.29. The van der Waals surface area contributed by atoms with Crippen molar-refractivity contribution in [2.24, 2.45) is 0 Å². The second-order valence-corrected chi connectivity index (χ2v) is 7.84. The summed E-state index contributed by atoms with van der Waals surface area (Å²) in [5.41, 5.74) is 2.87. The number of hydrogen-bond donors (Lipinski definition) is 0. The molecule has 0 N–H and O–H groups in total. The zero-order valence-electron chi connectivity index (χ0n) is 15.9. The summed E-state index contributed by atoms with van der Waals surface area (Å²) < 4.78 is 3.48. The first kappa shape index (κ1) is 17.9. The number of aromatic nitrogens is 4. The van der Waals surface area contributed by atoms with Gasteiger partial charge in [0.25, 0.3) is 5.56 Å². The average molecular weight is 405 g/mol. The summed E-state index contributed by atoms with van der Waals surface area (Å²) in [6.45, 7) is 3.11. The molecule has 5 rings (SSSR count). The van der Waals surface area contributed by atoms with E-state index in [4.69, 9.17) is 0 Å². The molecule has 0 bridgehead atoms. The fourth-order valence-electron chi connectivity index (χ4n) is 3.91. The minimum atomic E-state index is -0.0794. The summed E-state index contributed by atoms with van der Waals surface area (Å²) in [5, 5.41) is 9.75. The van der Waals surface area contributed by atoms with Crippen molar-refractivity contribution in [3.05, 3.63) is 64.4 Å². The molecule has 0 spiro atoms. The lowest BCUT2D eigenvalue weighted by Gasteiger charge is -2.16. The molecule has 146 valence electrons. The number of fused-ring (bicyclic) bond motifs is 4. The van der Waals surface area contributed by atoms with E-state index in [1.165, 1.54) is 17.3 Å². The summed E-state index contributed by atoms with van der Waals surface area (Å²) in [6.07, 6.45) is 0.883. The van der Waals surface area contributed by atoms with E-state index in [-0.39, 0.29) is 17.2 Å². The van der Waals surface area contributed by atoms with Gasteiger partial charge < -0.3 is 4.90 Å². The Labute approximate surface area is 171 Å². The van der Waals surface area contributed by atoms with Gasteiger partial charge in [0.15, 0.2) is 5.16 Å².